The van der Waals surface area contributed by atoms with E-state index in [0.29, 0.717) is 18.1 Å². The van der Waals surface area contributed by atoms with Crippen LogP contribution < -0.4 is 4.74 Å². The molecule has 2 aromatic rings. The van der Waals surface area contributed by atoms with Gasteiger partial charge in [-0.2, -0.15) is 0 Å². The van der Waals surface area contributed by atoms with Gasteiger partial charge in [0, 0.05) is 5.92 Å². The van der Waals surface area contributed by atoms with Gasteiger partial charge in [0.05, 0.1) is 7.11 Å². The van der Waals surface area contributed by atoms with Crippen LogP contribution in [0.2, 0.25) is 0 Å². The summed E-state index contributed by atoms with van der Waals surface area (Å²) in [5.41, 5.74) is 1.19. The van der Waals surface area contributed by atoms with Gasteiger partial charge in [0.1, 0.15) is 23.4 Å². The molecule has 0 amide bonds. The Morgan fingerprint density at radius 1 is 1.24 bits per heavy atom. The first kappa shape index (κ1) is 14.2. The third kappa shape index (κ3) is 3.30. The third-order valence-corrected chi connectivity index (χ3v) is 4.32. The van der Waals surface area contributed by atoms with E-state index in [1.54, 1.807) is 7.11 Å². The van der Waals surface area contributed by atoms with E-state index in [4.69, 9.17) is 9.15 Å². The Hall–Kier alpha value is -1.74. The molecule has 0 aliphatic heterocycles. The fourth-order valence-electron chi connectivity index (χ4n) is 2.70. The monoisotopic (exact) mass is 286 g/mol. The van der Waals surface area contributed by atoms with Crippen molar-refractivity contribution in [2.75, 3.05) is 7.11 Å². The molecule has 1 heterocycles. The molecule has 112 valence electrons. The van der Waals surface area contributed by atoms with E-state index in [1.165, 1.54) is 12.0 Å². The van der Waals surface area contributed by atoms with Crippen molar-refractivity contribution in [3.63, 3.8) is 0 Å². The number of aliphatic hydroxyl groups excluding tert-OH is 1. The Bertz CT molecular complexity index is 585. The fourth-order valence-corrected chi connectivity index (χ4v) is 2.70. The van der Waals surface area contributed by atoms with E-state index in [9.17, 15) is 5.11 Å². The molecule has 1 aromatic carbocycles. The third-order valence-electron chi connectivity index (χ3n) is 4.32. The zero-order valence-corrected chi connectivity index (χ0v) is 12.6. The highest BCUT2D eigenvalue weighted by molar-refractivity contribution is 5.27. The second kappa shape index (κ2) is 5.94. The van der Waals surface area contributed by atoms with Crippen LogP contribution in [0.1, 0.15) is 48.9 Å². The van der Waals surface area contributed by atoms with E-state index in [2.05, 4.69) is 6.92 Å². The number of benzene rings is 1. The van der Waals surface area contributed by atoms with Gasteiger partial charge in [-0.05, 0) is 55.0 Å². The minimum absolute atomic E-state index is 0.532. The lowest BCUT2D eigenvalue weighted by molar-refractivity contribution is 0.138. The van der Waals surface area contributed by atoms with Crippen LogP contribution >= 0.6 is 0 Å². The molecule has 1 N–H and O–H groups in total. The molecule has 21 heavy (non-hydrogen) atoms. The molecule has 3 heteroatoms. The maximum atomic E-state index is 10.2. The summed E-state index contributed by atoms with van der Waals surface area (Å²) < 4.78 is 10.9. The summed E-state index contributed by atoms with van der Waals surface area (Å²) in [6.07, 6.45) is 2.16. The zero-order valence-electron chi connectivity index (χ0n) is 12.6. The highest BCUT2D eigenvalue weighted by atomic mass is 16.5. The number of rotatable bonds is 6. The molecule has 0 saturated heterocycles. The summed E-state index contributed by atoms with van der Waals surface area (Å²) >= 11 is 0. The Morgan fingerprint density at radius 2 is 1.95 bits per heavy atom. The predicted molar refractivity (Wildman–Crippen MR) is 81.5 cm³/mol. The number of hydrogen-bond acceptors (Lipinski definition) is 3. The van der Waals surface area contributed by atoms with Crippen molar-refractivity contribution in [2.45, 2.75) is 38.2 Å². The molecule has 3 nitrogen and oxygen atoms in total. The van der Waals surface area contributed by atoms with Crippen LogP contribution in [0.5, 0.6) is 5.75 Å². The summed E-state index contributed by atoms with van der Waals surface area (Å²) in [6.45, 7) is 2.23. The topological polar surface area (TPSA) is 42.6 Å². The van der Waals surface area contributed by atoms with E-state index in [1.807, 2.05) is 36.4 Å². The van der Waals surface area contributed by atoms with Gasteiger partial charge in [0.15, 0.2) is 0 Å². The van der Waals surface area contributed by atoms with Crippen LogP contribution in [0.3, 0.4) is 0 Å². The minimum Gasteiger partial charge on any atom is -0.497 e. The Kier molecular flexibility index (Phi) is 4.02. The molecular weight excluding hydrogens is 264 g/mol. The molecule has 1 aliphatic carbocycles. The molecule has 3 unspecified atom stereocenters. The van der Waals surface area contributed by atoms with Crippen molar-refractivity contribution in [2.24, 2.45) is 5.92 Å². The number of aryl methyl sites for hydroxylation is 1. The van der Waals surface area contributed by atoms with Crippen LogP contribution in [0, 0.1) is 5.92 Å². The molecule has 3 rings (SSSR count). The lowest BCUT2D eigenvalue weighted by Crippen LogP contribution is -1.98. The van der Waals surface area contributed by atoms with Gasteiger partial charge in [0.2, 0.25) is 0 Å². The van der Waals surface area contributed by atoms with Gasteiger partial charge in [0.25, 0.3) is 0 Å². The van der Waals surface area contributed by atoms with E-state index in [-0.39, 0.29) is 0 Å². The van der Waals surface area contributed by atoms with Crippen LogP contribution in [0.4, 0.5) is 0 Å². The van der Waals surface area contributed by atoms with Crippen molar-refractivity contribution in [1.29, 1.82) is 0 Å². The number of ether oxygens (including phenoxy) is 1. The smallest absolute Gasteiger partial charge is 0.132 e. The molecule has 0 bridgehead atoms. The molecule has 1 aliphatic rings. The highest BCUT2D eigenvalue weighted by Crippen LogP contribution is 2.47. The standard InChI is InChI=1S/C18H22O3/c1-12-11-15(12)17-9-10-18(21-17)16(19)8-5-13-3-6-14(20-2)7-4-13/h3-4,6-7,9-10,12,15-16,19H,5,8,11H2,1-2H3. The molecular formula is C18H22O3. The van der Waals surface area contributed by atoms with Gasteiger partial charge in [-0.25, -0.2) is 0 Å². The second-order valence-electron chi connectivity index (χ2n) is 5.96. The van der Waals surface area contributed by atoms with Gasteiger partial charge in [-0.1, -0.05) is 19.1 Å². The van der Waals surface area contributed by atoms with E-state index < -0.39 is 6.10 Å². The molecule has 0 radical (unpaired) electrons. The van der Waals surface area contributed by atoms with Gasteiger partial charge >= 0.3 is 0 Å². The van der Waals surface area contributed by atoms with Crippen molar-refractivity contribution < 1.29 is 14.3 Å². The van der Waals surface area contributed by atoms with Gasteiger partial charge in [-0.3, -0.25) is 0 Å². The van der Waals surface area contributed by atoms with Crippen LogP contribution in [-0.2, 0) is 6.42 Å². The number of aliphatic hydroxyl groups is 1. The largest absolute Gasteiger partial charge is 0.497 e. The normalized spacial score (nSPS) is 22.0. The SMILES string of the molecule is COc1ccc(CCC(O)c2ccc(C3CC3C)o2)cc1. The van der Waals surface area contributed by atoms with E-state index >= 15 is 0 Å². The van der Waals surface area contributed by atoms with Crippen LogP contribution in [0.25, 0.3) is 0 Å². The Morgan fingerprint density at radius 3 is 2.57 bits per heavy atom. The molecule has 1 aromatic heterocycles. The van der Waals surface area contributed by atoms with Crippen LogP contribution in [-0.4, -0.2) is 12.2 Å². The first-order chi connectivity index (χ1) is 10.2. The van der Waals surface area contributed by atoms with Crippen LogP contribution in [0.15, 0.2) is 40.8 Å². The summed E-state index contributed by atoms with van der Waals surface area (Å²) in [6, 6.07) is 11.9. The maximum absolute atomic E-state index is 10.2. The Labute approximate surface area is 125 Å². The minimum atomic E-state index is -0.532. The summed E-state index contributed by atoms with van der Waals surface area (Å²) in [5, 5.41) is 10.2. The number of hydrogen-bond donors (Lipinski definition) is 1. The second-order valence-corrected chi connectivity index (χ2v) is 5.96. The molecule has 1 fully saturated rings. The average molecular weight is 286 g/mol. The summed E-state index contributed by atoms with van der Waals surface area (Å²) in [4.78, 5) is 0. The summed E-state index contributed by atoms with van der Waals surface area (Å²) in [5.74, 6) is 3.86. The summed E-state index contributed by atoms with van der Waals surface area (Å²) in [7, 11) is 1.66. The lowest BCUT2D eigenvalue weighted by Gasteiger charge is -2.08. The maximum Gasteiger partial charge on any atom is 0.132 e. The van der Waals surface area contributed by atoms with Gasteiger partial charge in [-0.15, -0.1) is 0 Å². The number of furan rings is 1. The predicted octanol–water partition coefficient (Wildman–Crippen LogP) is 4.08. The van der Waals surface area contributed by atoms with Crippen molar-refractivity contribution in [3.8, 4) is 5.75 Å². The molecule has 1 saturated carbocycles. The lowest BCUT2D eigenvalue weighted by atomic mass is 10.1. The van der Waals surface area contributed by atoms with E-state index in [0.717, 1.165) is 23.8 Å². The number of methoxy groups -OCH3 is 1. The van der Waals surface area contributed by atoms with Crippen molar-refractivity contribution in [3.05, 3.63) is 53.5 Å². The molecule has 0 spiro atoms. The quantitative estimate of drug-likeness (QED) is 0.870. The average Bonchev–Trinajstić information content (AvgIpc) is 3.04. The Balaban J connectivity index is 1.55. The van der Waals surface area contributed by atoms with Crippen molar-refractivity contribution >= 4 is 0 Å². The first-order valence-electron chi connectivity index (χ1n) is 7.58. The zero-order chi connectivity index (χ0) is 14.8. The van der Waals surface area contributed by atoms with Gasteiger partial charge < -0.3 is 14.3 Å². The highest BCUT2D eigenvalue weighted by Gasteiger charge is 2.36. The molecule has 3 atom stereocenters. The fraction of sp³-hybridized carbons (Fsp3) is 0.444. The van der Waals surface area contributed by atoms with Crippen molar-refractivity contribution in [1.82, 2.24) is 0 Å². The first-order valence-corrected chi connectivity index (χ1v) is 7.58.